The van der Waals surface area contributed by atoms with Gasteiger partial charge in [0.25, 0.3) is 0 Å². The average Bonchev–Trinajstić information content (AvgIpc) is 2.16. The summed E-state index contributed by atoms with van der Waals surface area (Å²) < 4.78 is 0. The topological polar surface area (TPSA) is 46.0 Å². The molecule has 0 fully saturated rings. The highest BCUT2D eigenvalue weighted by Gasteiger charge is 2.12. The van der Waals surface area contributed by atoms with Gasteiger partial charge < -0.3 is 5.11 Å². The van der Waals surface area contributed by atoms with Gasteiger partial charge in [-0.05, 0) is 19.4 Å². The summed E-state index contributed by atoms with van der Waals surface area (Å²) in [6.07, 6.45) is 2.11. The van der Waals surface area contributed by atoms with Gasteiger partial charge in [-0.2, -0.15) is 0 Å². The van der Waals surface area contributed by atoms with Crippen LogP contribution in [0.4, 0.5) is 0 Å². The van der Waals surface area contributed by atoms with Gasteiger partial charge in [0.05, 0.1) is 6.10 Å². The van der Waals surface area contributed by atoms with E-state index in [0.717, 1.165) is 17.8 Å². The van der Waals surface area contributed by atoms with E-state index in [4.69, 9.17) is 0 Å². The minimum atomic E-state index is -0.361. The van der Waals surface area contributed by atoms with Crippen LogP contribution in [-0.2, 0) is 6.42 Å². The molecule has 3 heteroatoms. The van der Waals surface area contributed by atoms with E-state index in [1.165, 1.54) is 0 Å². The lowest BCUT2D eigenvalue weighted by atomic mass is 10.0. The number of hydrogen-bond acceptors (Lipinski definition) is 3. The SMILES string of the molecule is CCc1cc(C(C)C(C)O)ncn1. The minimum absolute atomic E-state index is 0.0771. The second kappa shape index (κ2) is 4.33. The highest BCUT2D eigenvalue weighted by molar-refractivity contribution is 5.12. The first kappa shape index (κ1) is 10.1. The highest BCUT2D eigenvalue weighted by atomic mass is 16.3. The number of aliphatic hydroxyl groups is 1. The summed E-state index contributed by atoms with van der Waals surface area (Å²) in [5, 5.41) is 9.38. The first-order valence-corrected chi connectivity index (χ1v) is 4.64. The Labute approximate surface area is 78.9 Å². The molecule has 2 unspecified atom stereocenters. The molecule has 1 aromatic rings. The lowest BCUT2D eigenvalue weighted by Gasteiger charge is -2.13. The van der Waals surface area contributed by atoms with Gasteiger partial charge in [-0.25, -0.2) is 9.97 Å². The molecular formula is C10H16N2O. The number of nitrogens with zero attached hydrogens (tertiary/aromatic N) is 2. The van der Waals surface area contributed by atoms with Crippen LogP contribution < -0.4 is 0 Å². The van der Waals surface area contributed by atoms with Gasteiger partial charge in [0, 0.05) is 17.3 Å². The molecule has 0 saturated heterocycles. The Bertz CT molecular complexity index is 273. The Morgan fingerprint density at radius 2 is 2.08 bits per heavy atom. The molecule has 3 nitrogen and oxygen atoms in total. The molecule has 1 heterocycles. The molecule has 0 bridgehead atoms. The van der Waals surface area contributed by atoms with Crippen molar-refractivity contribution in [3.63, 3.8) is 0 Å². The highest BCUT2D eigenvalue weighted by Crippen LogP contribution is 2.16. The van der Waals surface area contributed by atoms with Crippen LogP contribution in [-0.4, -0.2) is 21.2 Å². The van der Waals surface area contributed by atoms with Crippen LogP contribution in [0.3, 0.4) is 0 Å². The maximum atomic E-state index is 9.38. The summed E-state index contributed by atoms with van der Waals surface area (Å²) in [5.41, 5.74) is 1.94. The van der Waals surface area contributed by atoms with Crippen LogP contribution in [0.25, 0.3) is 0 Å². The Hall–Kier alpha value is -0.960. The third-order valence-electron chi connectivity index (χ3n) is 2.30. The molecule has 1 aromatic heterocycles. The molecule has 13 heavy (non-hydrogen) atoms. The average molecular weight is 180 g/mol. The van der Waals surface area contributed by atoms with Gasteiger partial charge in [-0.15, -0.1) is 0 Å². The number of rotatable bonds is 3. The number of aryl methyl sites for hydroxylation is 1. The van der Waals surface area contributed by atoms with E-state index in [0.29, 0.717) is 0 Å². The van der Waals surface area contributed by atoms with E-state index >= 15 is 0 Å². The third kappa shape index (κ3) is 2.49. The normalized spacial score (nSPS) is 15.4. The van der Waals surface area contributed by atoms with Gasteiger partial charge in [0.2, 0.25) is 0 Å². The molecule has 0 aliphatic carbocycles. The number of hydrogen-bond donors (Lipinski definition) is 1. The molecular weight excluding hydrogens is 164 g/mol. The van der Waals surface area contributed by atoms with Crippen LogP contribution in [0, 0.1) is 0 Å². The number of aromatic nitrogens is 2. The Morgan fingerprint density at radius 1 is 1.38 bits per heavy atom. The van der Waals surface area contributed by atoms with Crippen molar-refractivity contribution >= 4 is 0 Å². The molecule has 1 N–H and O–H groups in total. The molecule has 2 atom stereocenters. The summed E-state index contributed by atoms with van der Waals surface area (Å²) >= 11 is 0. The largest absolute Gasteiger partial charge is 0.393 e. The predicted molar refractivity (Wildman–Crippen MR) is 51.5 cm³/mol. The van der Waals surface area contributed by atoms with Crippen molar-refractivity contribution in [1.29, 1.82) is 0 Å². The maximum absolute atomic E-state index is 9.38. The van der Waals surface area contributed by atoms with Gasteiger partial charge in [-0.1, -0.05) is 13.8 Å². The maximum Gasteiger partial charge on any atom is 0.115 e. The van der Waals surface area contributed by atoms with E-state index < -0.39 is 0 Å². The van der Waals surface area contributed by atoms with Gasteiger partial charge >= 0.3 is 0 Å². The first-order chi connectivity index (χ1) is 6.15. The zero-order valence-electron chi connectivity index (χ0n) is 8.36. The van der Waals surface area contributed by atoms with Crippen molar-refractivity contribution < 1.29 is 5.11 Å². The third-order valence-corrected chi connectivity index (χ3v) is 2.30. The molecule has 0 radical (unpaired) electrons. The molecule has 0 aromatic carbocycles. The smallest absolute Gasteiger partial charge is 0.115 e. The molecule has 72 valence electrons. The summed E-state index contributed by atoms with van der Waals surface area (Å²) in [5.74, 6) is 0.0771. The molecule has 0 saturated carbocycles. The Morgan fingerprint density at radius 3 is 2.62 bits per heavy atom. The molecule has 0 aliphatic rings. The van der Waals surface area contributed by atoms with E-state index in [9.17, 15) is 5.11 Å². The standard InChI is InChI=1S/C10H16N2O/c1-4-9-5-10(12-6-11-9)7(2)8(3)13/h5-8,13H,4H2,1-3H3. The molecule has 1 rings (SSSR count). The second-order valence-electron chi connectivity index (χ2n) is 3.32. The summed E-state index contributed by atoms with van der Waals surface area (Å²) in [6.45, 7) is 5.80. The van der Waals surface area contributed by atoms with Crippen LogP contribution >= 0.6 is 0 Å². The Balaban J connectivity index is 2.88. The van der Waals surface area contributed by atoms with Crippen molar-refractivity contribution in [2.75, 3.05) is 0 Å². The fourth-order valence-corrected chi connectivity index (χ4v) is 1.10. The quantitative estimate of drug-likeness (QED) is 0.767. The summed E-state index contributed by atoms with van der Waals surface area (Å²) in [6, 6.07) is 1.96. The van der Waals surface area contributed by atoms with Crippen LogP contribution in [0.1, 0.15) is 38.1 Å². The van der Waals surface area contributed by atoms with Crippen molar-refractivity contribution in [3.8, 4) is 0 Å². The van der Waals surface area contributed by atoms with Gasteiger partial charge in [0.15, 0.2) is 0 Å². The minimum Gasteiger partial charge on any atom is -0.393 e. The monoisotopic (exact) mass is 180 g/mol. The fourth-order valence-electron chi connectivity index (χ4n) is 1.10. The summed E-state index contributed by atoms with van der Waals surface area (Å²) in [7, 11) is 0. The summed E-state index contributed by atoms with van der Waals surface area (Å²) in [4.78, 5) is 8.24. The van der Waals surface area contributed by atoms with E-state index in [1.54, 1.807) is 13.3 Å². The van der Waals surface area contributed by atoms with Crippen molar-refractivity contribution in [2.45, 2.75) is 39.2 Å². The fraction of sp³-hybridized carbons (Fsp3) is 0.600. The Kier molecular flexibility index (Phi) is 3.37. The molecule has 0 amide bonds. The predicted octanol–water partition coefficient (Wildman–Crippen LogP) is 1.52. The van der Waals surface area contributed by atoms with Crippen molar-refractivity contribution in [1.82, 2.24) is 9.97 Å². The molecule has 0 aliphatic heterocycles. The zero-order chi connectivity index (χ0) is 9.84. The number of aliphatic hydroxyl groups excluding tert-OH is 1. The lowest BCUT2D eigenvalue weighted by Crippen LogP contribution is -2.13. The lowest BCUT2D eigenvalue weighted by molar-refractivity contribution is 0.167. The zero-order valence-corrected chi connectivity index (χ0v) is 8.36. The van der Waals surface area contributed by atoms with E-state index in [1.807, 2.05) is 13.0 Å². The van der Waals surface area contributed by atoms with E-state index in [-0.39, 0.29) is 12.0 Å². The van der Waals surface area contributed by atoms with Crippen molar-refractivity contribution in [3.05, 3.63) is 23.8 Å². The van der Waals surface area contributed by atoms with Crippen LogP contribution in [0.15, 0.2) is 12.4 Å². The van der Waals surface area contributed by atoms with E-state index in [2.05, 4.69) is 16.9 Å². The molecule has 0 spiro atoms. The first-order valence-electron chi connectivity index (χ1n) is 4.64. The second-order valence-corrected chi connectivity index (χ2v) is 3.32. The van der Waals surface area contributed by atoms with Gasteiger partial charge in [0.1, 0.15) is 6.33 Å². The van der Waals surface area contributed by atoms with Crippen molar-refractivity contribution in [2.24, 2.45) is 0 Å². The van der Waals surface area contributed by atoms with Crippen LogP contribution in [0.2, 0.25) is 0 Å². The van der Waals surface area contributed by atoms with Crippen LogP contribution in [0.5, 0.6) is 0 Å². The van der Waals surface area contributed by atoms with Gasteiger partial charge in [-0.3, -0.25) is 0 Å².